The van der Waals surface area contributed by atoms with Crippen molar-refractivity contribution in [2.45, 2.75) is 19.9 Å². The Hall–Kier alpha value is -3.42. The van der Waals surface area contributed by atoms with Gasteiger partial charge in [0.1, 0.15) is 12.3 Å². The fourth-order valence-electron chi connectivity index (χ4n) is 3.51. The Kier molecular flexibility index (Phi) is 4.46. The van der Waals surface area contributed by atoms with Crippen LogP contribution >= 0.6 is 0 Å². The molecule has 1 aromatic carbocycles. The van der Waals surface area contributed by atoms with Crippen molar-refractivity contribution in [1.82, 2.24) is 19.5 Å². The minimum Gasteiger partial charge on any atom is -0.497 e. The highest BCUT2D eigenvalue weighted by Gasteiger charge is 2.34. The Bertz CT molecular complexity index is 1060. The molecule has 3 heterocycles. The molecule has 3 aromatic rings. The third-order valence-electron chi connectivity index (χ3n) is 5.10. The van der Waals surface area contributed by atoms with Gasteiger partial charge in [0.15, 0.2) is 5.65 Å². The van der Waals surface area contributed by atoms with Crippen molar-refractivity contribution >= 4 is 23.1 Å². The summed E-state index contributed by atoms with van der Waals surface area (Å²) in [6.07, 6.45) is 3.20. The van der Waals surface area contributed by atoms with Crippen LogP contribution in [0.5, 0.6) is 5.75 Å². The van der Waals surface area contributed by atoms with Crippen LogP contribution in [0.2, 0.25) is 0 Å². The number of carbonyl (C=O) groups is 2. The van der Waals surface area contributed by atoms with Crippen molar-refractivity contribution in [2.75, 3.05) is 25.1 Å². The van der Waals surface area contributed by atoms with Crippen LogP contribution in [0.3, 0.4) is 0 Å². The van der Waals surface area contributed by atoms with Crippen LogP contribution in [-0.4, -0.2) is 57.6 Å². The number of aryl methyl sites for hydroxylation is 1. The zero-order valence-electron chi connectivity index (χ0n) is 16.0. The molecule has 1 fully saturated rings. The van der Waals surface area contributed by atoms with E-state index >= 15 is 0 Å². The van der Waals surface area contributed by atoms with Crippen molar-refractivity contribution in [1.29, 1.82) is 0 Å². The number of benzene rings is 1. The standard InChI is InChI=1S/C20H21N5O3/c1-13-11-24(15-5-4-6-16(9-15)28-3)19(26)12-23(13)20(27)17-10-21-18-7-8-22-25(18)14(17)2/h4-10,13H,11-12H2,1-3H3/t13-/m0/s1. The predicted octanol–water partition coefficient (Wildman–Crippen LogP) is 1.92. The summed E-state index contributed by atoms with van der Waals surface area (Å²) in [5.74, 6) is 0.338. The van der Waals surface area contributed by atoms with Gasteiger partial charge in [-0.15, -0.1) is 0 Å². The summed E-state index contributed by atoms with van der Waals surface area (Å²) >= 11 is 0. The number of ether oxygens (including phenoxy) is 1. The predicted molar refractivity (Wildman–Crippen MR) is 104 cm³/mol. The summed E-state index contributed by atoms with van der Waals surface area (Å²) in [6, 6.07) is 8.99. The summed E-state index contributed by atoms with van der Waals surface area (Å²) in [4.78, 5) is 33.5. The minimum absolute atomic E-state index is 0.00773. The van der Waals surface area contributed by atoms with Gasteiger partial charge in [0.2, 0.25) is 5.91 Å². The van der Waals surface area contributed by atoms with Crippen LogP contribution in [0.4, 0.5) is 5.69 Å². The van der Waals surface area contributed by atoms with Gasteiger partial charge in [0.05, 0.1) is 24.6 Å². The second-order valence-corrected chi connectivity index (χ2v) is 6.85. The molecule has 1 atom stereocenters. The van der Waals surface area contributed by atoms with Crippen LogP contribution in [-0.2, 0) is 4.79 Å². The average Bonchev–Trinajstić information content (AvgIpc) is 3.19. The van der Waals surface area contributed by atoms with Crippen LogP contribution in [0, 0.1) is 6.92 Å². The molecule has 0 aliphatic carbocycles. The van der Waals surface area contributed by atoms with Crippen LogP contribution in [0.15, 0.2) is 42.7 Å². The molecule has 28 heavy (non-hydrogen) atoms. The second-order valence-electron chi connectivity index (χ2n) is 6.85. The molecule has 0 unspecified atom stereocenters. The highest BCUT2D eigenvalue weighted by atomic mass is 16.5. The number of piperazine rings is 1. The largest absolute Gasteiger partial charge is 0.497 e. The monoisotopic (exact) mass is 379 g/mol. The van der Waals surface area contributed by atoms with Crippen molar-refractivity contribution in [3.8, 4) is 5.75 Å². The summed E-state index contributed by atoms with van der Waals surface area (Å²) in [6.45, 7) is 4.18. The van der Waals surface area contributed by atoms with E-state index in [-0.39, 0.29) is 24.4 Å². The van der Waals surface area contributed by atoms with Crippen molar-refractivity contribution in [2.24, 2.45) is 0 Å². The number of aromatic nitrogens is 3. The van der Waals surface area contributed by atoms with E-state index < -0.39 is 0 Å². The van der Waals surface area contributed by atoms with Gasteiger partial charge in [-0.1, -0.05) is 6.07 Å². The number of carbonyl (C=O) groups excluding carboxylic acids is 2. The third-order valence-corrected chi connectivity index (χ3v) is 5.10. The number of nitrogens with zero attached hydrogens (tertiary/aromatic N) is 5. The van der Waals surface area contributed by atoms with E-state index in [1.54, 1.807) is 39.9 Å². The second kappa shape index (κ2) is 6.95. The molecule has 8 nitrogen and oxygen atoms in total. The molecular formula is C20H21N5O3. The van der Waals surface area contributed by atoms with Gasteiger partial charge in [0.25, 0.3) is 5.91 Å². The maximum atomic E-state index is 13.1. The lowest BCUT2D eigenvalue weighted by molar-refractivity contribution is -0.121. The molecule has 1 aliphatic rings. The Labute approximate surface area is 162 Å². The lowest BCUT2D eigenvalue weighted by Gasteiger charge is -2.39. The van der Waals surface area contributed by atoms with E-state index in [1.165, 1.54) is 0 Å². The van der Waals surface area contributed by atoms with Crippen LogP contribution < -0.4 is 9.64 Å². The first-order valence-electron chi connectivity index (χ1n) is 9.04. The molecule has 0 N–H and O–H groups in total. The number of methoxy groups -OCH3 is 1. The molecule has 144 valence electrons. The van der Waals surface area contributed by atoms with E-state index in [9.17, 15) is 9.59 Å². The molecule has 8 heteroatoms. The lowest BCUT2D eigenvalue weighted by Crippen LogP contribution is -2.57. The normalized spacial score (nSPS) is 17.2. The number of amides is 2. The van der Waals surface area contributed by atoms with E-state index in [0.717, 1.165) is 5.69 Å². The Morgan fingerprint density at radius 2 is 2.11 bits per heavy atom. The number of rotatable bonds is 3. The van der Waals surface area contributed by atoms with Crippen molar-refractivity contribution in [3.05, 3.63) is 54.0 Å². The van der Waals surface area contributed by atoms with E-state index in [1.807, 2.05) is 38.1 Å². The van der Waals surface area contributed by atoms with Gasteiger partial charge >= 0.3 is 0 Å². The maximum Gasteiger partial charge on any atom is 0.258 e. The average molecular weight is 379 g/mol. The summed E-state index contributed by atoms with van der Waals surface area (Å²) < 4.78 is 6.88. The molecule has 0 saturated carbocycles. The minimum atomic E-state index is -0.214. The first-order chi connectivity index (χ1) is 13.5. The first kappa shape index (κ1) is 18.0. The maximum absolute atomic E-state index is 13.1. The number of hydrogen-bond donors (Lipinski definition) is 0. The summed E-state index contributed by atoms with van der Waals surface area (Å²) in [5, 5.41) is 4.20. The SMILES string of the molecule is COc1cccc(N2C[C@H](C)N(C(=O)c3cnc4ccnn4c3C)CC2=O)c1. The Morgan fingerprint density at radius 1 is 1.29 bits per heavy atom. The summed E-state index contributed by atoms with van der Waals surface area (Å²) in [7, 11) is 1.59. The Balaban J connectivity index is 1.59. The van der Waals surface area contributed by atoms with Gasteiger partial charge < -0.3 is 14.5 Å². The van der Waals surface area contributed by atoms with Crippen LogP contribution in [0.25, 0.3) is 5.65 Å². The summed E-state index contributed by atoms with van der Waals surface area (Å²) in [5.41, 5.74) is 2.60. The zero-order chi connectivity index (χ0) is 19.8. The van der Waals surface area contributed by atoms with Crippen LogP contribution in [0.1, 0.15) is 23.0 Å². The van der Waals surface area contributed by atoms with E-state index in [2.05, 4.69) is 10.1 Å². The molecule has 0 spiro atoms. The van der Waals surface area contributed by atoms with Crippen molar-refractivity contribution in [3.63, 3.8) is 0 Å². The van der Waals surface area contributed by atoms with Gasteiger partial charge in [-0.05, 0) is 26.0 Å². The lowest BCUT2D eigenvalue weighted by atomic mass is 10.1. The smallest absolute Gasteiger partial charge is 0.258 e. The topological polar surface area (TPSA) is 80.0 Å². The molecule has 1 aliphatic heterocycles. The molecular weight excluding hydrogens is 358 g/mol. The fourth-order valence-corrected chi connectivity index (χ4v) is 3.51. The molecule has 2 aromatic heterocycles. The molecule has 0 bridgehead atoms. The quantitative estimate of drug-likeness (QED) is 0.695. The van der Waals surface area contributed by atoms with E-state index in [4.69, 9.17) is 4.74 Å². The van der Waals surface area contributed by atoms with Gasteiger partial charge in [-0.2, -0.15) is 5.10 Å². The van der Waals surface area contributed by atoms with Gasteiger partial charge in [-0.3, -0.25) is 9.59 Å². The molecule has 4 rings (SSSR count). The number of fused-ring (bicyclic) bond motifs is 1. The Morgan fingerprint density at radius 3 is 2.89 bits per heavy atom. The fraction of sp³-hybridized carbons (Fsp3) is 0.300. The van der Waals surface area contributed by atoms with Gasteiger partial charge in [-0.25, -0.2) is 9.50 Å². The molecule has 2 amide bonds. The highest BCUT2D eigenvalue weighted by Crippen LogP contribution is 2.25. The van der Waals surface area contributed by atoms with E-state index in [0.29, 0.717) is 29.2 Å². The third kappa shape index (κ3) is 2.96. The molecule has 1 saturated heterocycles. The number of anilines is 1. The van der Waals surface area contributed by atoms with Crippen molar-refractivity contribution < 1.29 is 14.3 Å². The van der Waals surface area contributed by atoms with Gasteiger partial charge in [0, 0.05) is 36.6 Å². The highest BCUT2D eigenvalue weighted by molar-refractivity contribution is 6.02. The zero-order valence-corrected chi connectivity index (χ0v) is 16.0. The number of hydrogen-bond acceptors (Lipinski definition) is 5. The first-order valence-corrected chi connectivity index (χ1v) is 9.04. The molecule has 0 radical (unpaired) electrons.